The number of aromatic nitrogens is 2. The van der Waals surface area contributed by atoms with Crippen molar-refractivity contribution in [1.82, 2.24) is 9.97 Å². The summed E-state index contributed by atoms with van der Waals surface area (Å²) in [5.74, 6) is 1.24. The van der Waals surface area contributed by atoms with Crippen molar-refractivity contribution in [2.45, 2.75) is 25.3 Å². The smallest absolute Gasteiger partial charge is 0.148 e. The number of hydrogen-bond acceptors (Lipinski definition) is 4. The van der Waals surface area contributed by atoms with Crippen LogP contribution in [-0.2, 0) is 0 Å². The van der Waals surface area contributed by atoms with Crippen molar-refractivity contribution >= 4 is 17.4 Å². The molecular weight excluding hydrogens is 212 g/mol. The molecular formula is C10H15ClN4. The zero-order chi connectivity index (χ0) is 10.7. The number of hydrogen-bond donors (Lipinski definition) is 2. The normalized spacial score (nSPS) is 25.5. The van der Waals surface area contributed by atoms with Crippen molar-refractivity contribution < 1.29 is 0 Å². The monoisotopic (exact) mass is 226 g/mol. The number of nitrogens with zero attached hydrogens (tertiary/aromatic N) is 2. The molecule has 0 aliphatic heterocycles. The molecule has 1 aromatic rings. The van der Waals surface area contributed by atoms with Gasteiger partial charge in [0.2, 0.25) is 0 Å². The molecule has 0 saturated heterocycles. The lowest BCUT2D eigenvalue weighted by Crippen LogP contribution is -2.29. The summed E-state index contributed by atoms with van der Waals surface area (Å²) in [5.41, 5.74) is 5.98. The molecule has 0 radical (unpaired) electrons. The van der Waals surface area contributed by atoms with Crippen LogP contribution in [0, 0.1) is 5.92 Å². The molecule has 4 nitrogen and oxygen atoms in total. The molecule has 3 N–H and O–H groups in total. The molecule has 0 aromatic carbocycles. The van der Waals surface area contributed by atoms with Crippen LogP contribution < -0.4 is 11.1 Å². The van der Waals surface area contributed by atoms with Crippen LogP contribution in [0.4, 0.5) is 5.82 Å². The van der Waals surface area contributed by atoms with E-state index in [2.05, 4.69) is 15.3 Å². The Morgan fingerprint density at radius 1 is 1.53 bits per heavy atom. The Bertz CT molecular complexity index is 331. The molecule has 2 atom stereocenters. The first-order valence-corrected chi connectivity index (χ1v) is 5.60. The summed E-state index contributed by atoms with van der Waals surface area (Å²) in [7, 11) is 0. The predicted octanol–water partition coefficient (Wildman–Crippen LogP) is 1.67. The van der Waals surface area contributed by atoms with Crippen molar-refractivity contribution in [1.29, 1.82) is 0 Å². The van der Waals surface area contributed by atoms with Crippen LogP contribution >= 0.6 is 11.6 Å². The van der Waals surface area contributed by atoms with Crippen molar-refractivity contribution in [3.63, 3.8) is 0 Å². The topological polar surface area (TPSA) is 63.8 Å². The molecule has 1 aliphatic rings. The maximum atomic E-state index is 5.98. The van der Waals surface area contributed by atoms with E-state index >= 15 is 0 Å². The van der Waals surface area contributed by atoms with Gasteiger partial charge in [-0.3, -0.25) is 0 Å². The molecule has 1 aromatic heterocycles. The van der Waals surface area contributed by atoms with Gasteiger partial charge in [-0.1, -0.05) is 18.0 Å². The lowest BCUT2D eigenvalue weighted by atomic mass is 10.1. The lowest BCUT2D eigenvalue weighted by Gasteiger charge is -2.16. The highest BCUT2D eigenvalue weighted by atomic mass is 35.5. The zero-order valence-corrected chi connectivity index (χ0v) is 9.24. The summed E-state index contributed by atoms with van der Waals surface area (Å²) in [6.45, 7) is 0.845. The van der Waals surface area contributed by atoms with Gasteiger partial charge in [0.05, 0.1) is 6.20 Å². The average Bonchev–Trinajstić information content (AvgIpc) is 2.63. The molecule has 0 amide bonds. The van der Waals surface area contributed by atoms with Gasteiger partial charge in [0.25, 0.3) is 0 Å². The summed E-state index contributed by atoms with van der Waals surface area (Å²) in [6.07, 6.45) is 6.62. The van der Waals surface area contributed by atoms with Crippen LogP contribution in [0.1, 0.15) is 19.3 Å². The van der Waals surface area contributed by atoms with Crippen LogP contribution in [0.3, 0.4) is 0 Å². The van der Waals surface area contributed by atoms with Gasteiger partial charge in [-0.05, 0) is 18.8 Å². The Kier molecular flexibility index (Phi) is 3.38. The average molecular weight is 227 g/mol. The first-order chi connectivity index (χ1) is 7.27. The van der Waals surface area contributed by atoms with Gasteiger partial charge < -0.3 is 11.1 Å². The van der Waals surface area contributed by atoms with Crippen LogP contribution in [0.2, 0.25) is 5.02 Å². The van der Waals surface area contributed by atoms with E-state index in [0.717, 1.165) is 13.0 Å². The molecule has 2 rings (SSSR count). The van der Waals surface area contributed by atoms with Gasteiger partial charge in [-0.25, -0.2) is 9.97 Å². The second-order valence-corrected chi connectivity index (χ2v) is 4.36. The van der Waals surface area contributed by atoms with E-state index < -0.39 is 0 Å². The molecule has 1 fully saturated rings. The van der Waals surface area contributed by atoms with Crippen LogP contribution in [-0.4, -0.2) is 22.6 Å². The molecule has 2 unspecified atom stereocenters. The van der Waals surface area contributed by atoms with E-state index in [4.69, 9.17) is 17.3 Å². The fourth-order valence-corrected chi connectivity index (χ4v) is 2.16. The molecule has 15 heavy (non-hydrogen) atoms. The molecule has 1 saturated carbocycles. The number of nitrogens with one attached hydrogen (secondary N) is 1. The van der Waals surface area contributed by atoms with E-state index in [-0.39, 0.29) is 0 Å². The Balaban J connectivity index is 1.90. The lowest BCUT2D eigenvalue weighted by molar-refractivity contribution is 0.504. The molecule has 5 heteroatoms. The summed E-state index contributed by atoms with van der Waals surface area (Å²) in [4.78, 5) is 7.90. The van der Waals surface area contributed by atoms with Gasteiger partial charge >= 0.3 is 0 Å². The molecule has 1 aliphatic carbocycles. The van der Waals surface area contributed by atoms with Crippen molar-refractivity contribution in [3.05, 3.63) is 17.5 Å². The van der Waals surface area contributed by atoms with E-state index in [1.54, 1.807) is 6.20 Å². The predicted molar refractivity (Wildman–Crippen MR) is 60.8 cm³/mol. The highest BCUT2D eigenvalue weighted by Gasteiger charge is 2.23. The van der Waals surface area contributed by atoms with E-state index in [1.807, 2.05) is 0 Å². The Hall–Kier alpha value is -0.870. The number of nitrogens with two attached hydrogens (primary N) is 1. The first-order valence-electron chi connectivity index (χ1n) is 5.22. The van der Waals surface area contributed by atoms with Gasteiger partial charge in [-0.15, -0.1) is 0 Å². The first kappa shape index (κ1) is 10.6. The largest absolute Gasteiger partial charge is 0.368 e. The second-order valence-electron chi connectivity index (χ2n) is 3.96. The maximum absolute atomic E-state index is 5.98. The zero-order valence-electron chi connectivity index (χ0n) is 8.49. The third-order valence-electron chi connectivity index (χ3n) is 2.92. The SMILES string of the molecule is NC1CCCC1CNc1ncncc1Cl. The van der Waals surface area contributed by atoms with Gasteiger partial charge in [0.1, 0.15) is 17.2 Å². The minimum atomic E-state index is 0.318. The minimum absolute atomic E-state index is 0.318. The van der Waals surface area contributed by atoms with Crippen molar-refractivity contribution in [2.75, 3.05) is 11.9 Å². The maximum Gasteiger partial charge on any atom is 0.148 e. The number of halogens is 1. The highest BCUT2D eigenvalue weighted by molar-refractivity contribution is 6.32. The molecule has 1 heterocycles. The standard InChI is InChI=1S/C10H15ClN4/c11-8-5-13-6-15-10(8)14-4-7-2-1-3-9(7)12/h5-7,9H,1-4,12H2,(H,13,14,15). The third-order valence-corrected chi connectivity index (χ3v) is 3.19. The molecule has 82 valence electrons. The number of anilines is 1. The van der Waals surface area contributed by atoms with E-state index in [1.165, 1.54) is 19.2 Å². The van der Waals surface area contributed by atoms with Crippen molar-refractivity contribution in [2.24, 2.45) is 11.7 Å². The van der Waals surface area contributed by atoms with Gasteiger partial charge in [0.15, 0.2) is 0 Å². The van der Waals surface area contributed by atoms with Gasteiger partial charge in [-0.2, -0.15) is 0 Å². The molecule has 0 spiro atoms. The molecule has 0 bridgehead atoms. The number of rotatable bonds is 3. The Morgan fingerprint density at radius 2 is 2.40 bits per heavy atom. The van der Waals surface area contributed by atoms with Crippen LogP contribution in [0.25, 0.3) is 0 Å². The summed E-state index contributed by atoms with van der Waals surface area (Å²) >= 11 is 5.93. The summed E-state index contributed by atoms with van der Waals surface area (Å²) in [5, 5.41) is 3.78. The van der Waals surface area contributed by atoms with E-state index in [9.17, 15) is 0 Å². The van der Waals surface area contributed by atoms with Gasteiger partial charge in [0, 0.05) is 12.6 Å². The third kappa shape index (κ3) is 2.58. The minimum Gasteiger partial charge on any atom is -0.368 e. The quantitative estimate of drug-likeness (QED) is 0.823. The van der Waals surface area contributed by atoms with Crippen LogP contribution in [0.15, 0.2) is 12.5 Å². The Morgan fingerprint density at radius 3 is 3.07 bits per heavy atom. The van der Waals surface area contributed by atoms with E-state index in [0.29, 0.717) is 22.8 Å². The fourth-order valence-electron chi connectivity index (χ4n) is 1.99. The summed E-state index contributed by atoms with van der Waals surface area (Å²) < 4.78 is 0. The Labute approximate surface area is 94.2 Å². The van der Waals surface area contributed by atoms with Crippen LogP contribution in [0.5, 0.6) is 0 Å². The second kappa shape index (κ2) is 4.77. The summed E-state index contributed by atoms with van der Waals surface area (Å²) in [6, 6.07) is 0.318. The highest BCUT2D eigenvalue weighted by Crippen LogP contribution is 2.25. The fraction of sp³-hybridized carbons (Fsp3) is 0.600. The van der Waals surface area contributed by atoms with Crippen molar-refractivity contribution in [3.8, 4) is 0 Å².